The number of nitrogens with one attached hydrogen (secondary N) is 1. The summed E-state index contributed by atoms with van der Waals surface area (Å²) in [5.41, 5.74) is 5.26. The molecule has 0 aliphatic rings. The molecule has 1 heterocycles. The summed E-state index contributed by atoms with van der Waals surface area (Å²) in [5.74, 6) is 0.505. The fourth-order valence-electron chi connectivity index (χ4n) is 1.81. The lowest BCUT2D eigenvalue weighted by Gasteiger charge is -2.30. The highest BCUT2D eigenvalue weighted by Crippen LogP contribution is 2.15. The molecule has 96 valence electrons. The molecule has 0 aliphatic heterocycles. The Bertz CT molecular complexity index is 389. The monoisotopic (exact) mass is 240 g/mol. The molecule has 1 aromatic heterocycles. The zero-order chi connectivity index (χ0) is 13.1. The molecular formula is C11H20N4O2. The second-order valence-electron chi connectivity index (χ2n) is 4.95. The molecule has 17 heavy (non-hydrogen) atoms. The Hall–Kier alpha value is -1.43. The standard InChI is InChI=1S/C11H20N4O2/c1-7(2)5-11(4,6-12)14-10(16)9-13-8(3)17-15-9/h7H,5-6,12H2,1-4H3,(H,14,16). The largest absolute Gasteiger partial charge is 0.343 e. The summed E-state index contributed by atoms with van der Waals surface area (Å²) in [7, 11) is 0. The maximum absolute atomic E-state index is 11.9. The average Bonchev–Trinajstić information content (AvgIpc) is 2.63. The number of nitrogens with two attached hydrogens (primary N) is 1. The molecular weight excluding hydrogens is 220 g/mol. The van der Waals surface area contributed by atoms with Crippen LogP contribution in [0.5, 0.6) is 0 Å². The number of carbonyl (C=O) groups is 1. The molecule has 0 radical (unpaired) electrons. The molecule has 0 saturated carbocycles. The van der Waals surface area contributed by atoms with Gasteiger partial charge in [-0.1, -0.05) is 19.0 Å². The summed E-state index contributed by atoms with van der Waals surface area (Å²) in [6, 6.07) is 0. The first-order chi connectivity index (χ1) is 7.86. The van der Waals surface area contributed by atoms with Gasteiger partial charge in [-0.25, -0.2) is 0 Å². The second kappa shape index (κ2) is 5.27. The number of nitrogens with zero attached hydrogens (tertiary/aromatic N) is 2. The number of amides is 1. The van der Waals surface area contributed by atoms with E-state index in [1.165, 1.54) is 0 Å². The lowest BCUT2D eigenvalue weighted by Crippen LogP contribution is -2.52. The molecule has 1 atom stereocenters. The van der Waals surface area contributed by atoms with Crippen LogP contribution in [-0.4, -0.2) is 28.1 Å². The first-order valence-corrected chi connectivity index (χ1v) is 5.69. The topological polar surface area (TPSA) is 94.0 Å². The maximum Gasteiger partial charge on any atom is 0.293 e. The van der Waals surface area contributed by atoms with Crippen molar-refractivity contribution in [3.63, 3.8) is 0 Å². The molecule has 1 unspecified atom stereocenters. The number of hydrogen-bond acceptors (Lipinski definition) is 5. The molecule has 0 aromatic carbocycles. The number of aryl methyl sites for hydroxylation is 1. The van der Waals surface area contributed by atoms with Crippen LogP contribution in [0.3, 0.4) is 0 Å². The van der Waals surface area contributed by atoms with Gasteiger partial charge in [0.1, 0.15) is 0 Å². The number of hydrogen-bond donors (Lipinski definition) is 2. The minimum atomic E-state index is -0.445. The average molecular weight is 240 g/mol. The normalized spacial score (nSPS) is 14.7. The van der Waals surface area contributed by atoms with E-state index in [4.69, 9.17) is 10.3 Å². The van der Waals surface area contributed by atoms with Gasteiger partial charge in [0.05, 0.1) is 5.54 Å². The van der Waals surface area contributed by atoms with E-state index in [0.29, 0.717) is 18.4 Å². The lowest BCUT2D eigenvalue weighted by molar-refractivity contribution is 0.0884. The van der Waals surface area contributed by atoms with Crippen molar-refractivity contribution in [1.29, 1.82) is 0 Å². The molecule has 0 fully saturated rings. The predicted molar refractivity (Wildman–Crippen MR) is 63.4 cm³/mol. The summed E-state index contributed by atoms with van der Waals surface area (Å²) < 4.78 is 4.76. The van der Waals surface area contributed by atoms with Gasteiger partial charge in [0, 0.05) is 13.5 Å². The fraction of sp³-hybridized carbons (Fsp3) is 0.727. The highest BCUT2D eigenvalue weighted by atomic mass is 16.5. The fourth-order valence-corrected chi connectivity index (χ4v) is 1.81. The zero-order valence-corrected chi connectivity index (χ0v) is 10.8. The molecule has 0 bridgehead atoms. The third-order valence-electron chi connectivity index (χ3n) is 2.46. The summed E-state index contributed by atoms with van der Waals surface area (Å²) in [5, 5.41) is 6.43. The van der Waals surface area contributed by atoms with Gasteiger partial charge in [-0.05, 0) is 19.3 Å². The minimum absolute atomic E-state index is 0.0472. The Morgan fingerprint density at radius 3 is 2.65 bits per heavy atom. The molecule has 6 heteroatoms. The number of aromatic nitrogens is 2. The summed E-state index contributed by atoms with van der Waals surface area (Å²) in [6.07, 6.45) is 0.798. The van der Waals surface area contributed by atoms with E-state index in [2.05, 4.69) is 29.3 Å². The van der Waals surface area contributed by atoms with Crippen LogP contribution in [0.15, 0.2) is 4.52 Å². The van der Waals surface area contributed by atoms with Gasteiger partial charge >= 0.3 is 0 Å². The highest BCUT2D eigenvalue weighted by molar-refractivity contribution is 5.90. The van der Waals surface area contributed by atoms with E-state index >= 15 is 0 Å². The smallest absolute Gasteiger partial charge is 0.293 e. The number of carbonyl (C=O) groups excluding carboxylic acids is 1. The van der Waals surface area contributed by atoms with Gasteiger partial charge in [0.15, 0.2) is 0 Å². The minimum Gasteiger partial charge on any atom is -0.343 e. The van der Waals surface area contributed by atoms with Crippen molar-refractivity contribution in [2.45, 2.75) is 39.7 Å². The first-order valence-electron chi connectivity index (χ1n) is 5.69. The van der Waals surface area contributed by atoms with Crippen molar-refractivity contribution in [3.8, 4) is 0 Å². The van der Waals surface area contributed by atoms with Crippen LogP contribution < -0.4 is 11.1 Å². The molecule has 1 aromatic rings. The quantitative estimate of drug-likeness (QED) is 0.796. The Labute approximate surface area is 101 Å². The van der Waals surface area contributed by atoms with Crippen LogP contribution in [0.1, 0.15) is 43.7 Å². The number of rotatable bonds is 5. The molecule has 0 aliphatic carbocycles. The van der Waals surface area contributed by atoms with Crippen LogP contribution in [0, 0.1) is 12.8 Å². The second-order valence-corrected chi connectivity index (χ2v) is 4.95. The molecule has 6 nitrogen and oxygen atoms in total. The molecule has 0 spiro atoms. The van der Waals surface area contributed by atoms with Crippen LogP contribution in [-0.2, 0) is 0 Å². The van der Waals surface area contributed by atoms with E-state index in [-0.39, 0.29) is 11.7 Å². The Morgan fingerprint density at radius 2 is 2.24 bits per heavy atom. The first kappa shape index (κ1) is 13.6. The third kappa shape index (κ3) is 3.81. The van der Waals surface area contributed by atoms with Crippen molar-refractivity contribution in [1.82, 2.24) is 15.5 Å². The lowest BCUT2D eigenvalue weighted by atomic mass is 9.90. The van der Waals surface area contributed by atoms with Gasteiger partial charge in [-0.2, -0.15) is 4.98 Å². The van der Waals surface area contributed by atoms with Crippen LogP contribution >= 0.6 is 0 Å². The summed E-state index contributed by atoms with van der Waals surface area (Å²) in [4.78, 5) is 15.7. The van der Waals surface area contributed by atoms with Gasteiger partial charge in [0.25, 0.3) is 11.7 Å². The van der Waals surface area contributed by atoms with E-state index in [0.717, 1.165) is 6.42 Å². The van der Waals surface area contributed by atoms with Crippen molar-refractivity contribution in [2.24, 2.45) is 11.7 Å². The van der Waals surface area contributed by atoms with Crippen molar-refractivity contribution in [3.05, 3.63) is 11.7 Å². The van der Waals surface area contributed by atoms with E-state index in [1.54, 1.807) is 6.92 Å². The van der Waals surface area contributed by atoms with Gasteiger partial charge in [-0.15, -0.1) is 0 Å². The van der Waals surface area contributed by atoms with E-state index in [1.807, 2.05) is 6.92 Å². The zero-order valence-electron chi connectivity index (χ0n) is 10.8. The predicted octanol–water partition coefficient (Wildman–Crippen LogP) is 0.871. The van der Waals surface area contributed by atoms with Gasteiger partial charge < -0.3 is 15.6 Å². The van der Waals surface area contributed by atoms with Gasteiger partial charge in [0.2, 0.25) is 5.89 Å². The molecule has 3 N–H and O–H groups in total. The SMILES string of the molecule is Cc1nc(C(=O)NC(C)(CN)CC(C)C)no1. The van der Waals surface area contributed by atoms with Crippen molar-refractivity contribution in [2.75, 3.05) is 6.54 Å². The Balaban J connectivity index is 2.71. The van der Waals surface area contributed by atoms with Crippen molar-refractivity contribution >= 4 is 5.91 Å². The third-order valence-corrected chi connectivity index (χ3v) is 2.46. The van der Waals surface area contributed by atoms with Crippen LogP contribution in [0.4, 0.5) is 0 Å². The summed E-state index contributed by atoms with van der Waals surface area (Å²) >= 11 is 0. The maximum atomic E-state index is 11.9. The van der Waals surface area contributed by atoms with E-state index < -0.39 is 5.54 Å². The van der Waals surface area contributed by atoms with Gasteiger partial charge in [-0.3, -0.25) is 4.79 Å². The van der Waals surface area contributed by atoms with Crippen molar-refractivity contribution < 1.29 is 9.32 Å². The highest BCUT2D eigenvalue weighted by Gasteiger charge is 2.28. The molecule has 1 rings (SSSR count). The van der Waals surface area contributed by atoms with Crippen LogP contribution in [0.25, 0.3) is 0 Å². The Kier molecular flexibility index (Phi) is 4.22. The van der Waals surface area contributed by atoms with E-state index in [9.17, 15) is 4.79 Å². The molecule has 0 saturated heterocycles. The Morgan fingerprint density at radius 1 is 1.59 bits per heavy atom. The molecule has 1 amide bonds. The summed E-state index contributed by atoms with van der Waals surface area (Å²) in [6.45, 7) is 8.09. The van der Waals surface area contributed by atoms with Crippen LogP contribution in [0.2, 0.25) is 0 Å².